The summed E-state index contributed by atoms with van der Waals surface area (Å²) in [6.07, 6.45) is 1.75. The van der Waals surface area contributed by atoms with Crippen LogP contribution in [0.2, 0.25) is 0 Å². The van der Waals surface area contributed by atoms with Crippen molar-refractivity contribution in [3.05, 3.63) is 56.2 Å². The van der Waals surface area contributed by atoms with Gasteiger partial charge in [-0.25, -0.2) is 9.78 Å². The Morgan fingerprint density at radius 2 is 1.80 bits per heavy atom. The minimum Gasteiger partial charge on any atom is -0.493 e. The Morgan fingerprint density at radius 3 is 2.45 bits per heavy atom. The molecule has 234 valence electrons. The zero-order chi connectivity index (χ0) is 32.0. The predicted molar refractivity (Wildman–Crippen MR) is 167 cm³/mol. The number of aryl methyl sites for hydroxylation is 2. The summed E-state index contributed by atoms with van der Waals surface area (Å²) in [5.41, 5.74) is 3.34. The summed E-state index contributed by atoms with van der Waals surface area (Å²) >= 11 is 1.19. The van der Waals surface area contributed by atoms with Gasteiger partial charge in [0.05, 0.1) is 40.2 Å². The van der Waals surface area contributed by atoms with E-state index in [1.807, 2.05) is 12.1 Å². The second-order valence-corrected chi connectivity index (χ2v) is 11.3. The summed E-state index contributed by atoms with van der Waals surface area (Å²) in [6.45, 7) is 3.52. The molecule has 0 saturated heterocycles. The van der Waals surface area contributed by atoms with E-state index >= 15 is 0 Å². The van der Waals surface area contributed by atoms with Gasteiger partial charge in [0.15, 0.2) is 22.3 Å². The Bertz CT molecular complexity index is 1640. The first-order valence-electron chi connectivity index (χ1n) is 14.0. The van der Waals surface area contributed by atoms with Crippen molar-refractivity contribution in [2.24, 2.45) is 0 Å². The fraction of sp³-hybridized carbons (Fsp3) is 0.387. The molecule has 3 aromatic rings. The maximum atomic E-state index is 13.4. The monoisotopic (exact) mass is 624 g/mol. The van der Waals surface area contributed by atoms with Crippen molar-refractivity contribution in [1.82, 2.24) is 10.3 Å². The molecule has 3 N–H and O–H groups in total. The highest BCUT2D eigenvalue weighted by Gasteiger charge is 2.29. The van der Waals surface area contributed by atoms with Gasteiger partial charge >= 0.3 is 5.97 Å². The van der Waals surface area contributed by atoms with Gasteiger partial charge in [-0.2, -0.15) is 0 Å². The zero-order valence-corrected chi connectivity index (χ0v) is 26.4. The number of hydrogen-bond donors (Lipinski definition) is 3. The Morgan fingerprint density at radius 1 is 1.05 bits per heavy atom. The van der Waals surface area contributed by atoms with Crippen LogP contribution in [0.25, 0.3) is 11.1 Å². The number of amides is 2. The zero-order valence-electron chi connectivity index (χ0n) is 25.5. The summed E-state index contributed by atoms with van der Waals surface area (Å²) < 4.78 is 21.7. The fourth-order valence-corrected chi connectivity index (χ4v) is 6.06. The molecule has 0 spiro atoms. The maximum absolute atomic E-state index is 13.4. The van der Waals surface area contributed by atoms with Crippen molar-refractivity contribution < 1.29 is 33.3 Å². The molecule has 0 bridgehead atoms. The third-order valence-electron chi connectivity index (χ3n) is 7.23. The predicted octanol–water partition coefficient (Wildman–Crippen LogP) is 4.25. The molecule has 1 aromatic heterocycles. The van der Waals surface area contributed by atoms with Gasteiger partial charge < -0.3 is 34.9 Å². The minimum atomic E-state index is -0.561. The molecule has 0 unspecified atom stereocenters. The van der Waals surface area contributed by atoms with Crippen molar-refractivity contribution in [3.63, 3.8) is 0 Å². The Balaban J connectivity index is 1.58. The molecule has 0 fully saturated rings. The summed E-state index contributed by atoms with van der Waals surface area (Å²) in [5, 5.41) is 9.16. The van der Waals surface area contributed by atoms with Crippen molar-refractivity contribution in [3.8, 4) is 28.4 Å². The van der Waals surface area contributed by atoms with Crippen LogP contribution in [0.1, 0.15) is 58.7 Å². The van der Waals surface area contributed by atoms with Gasteiger partial charge in [0.2, 0.25) is 23.0 Å². The highest BCUT2D eigenvalue weighted by Crippen LogP contribution is 2.50. The quantitative estimate of drug-likeness (QED) is 0.208. The van der Waals surface area contributed by atoms with Gasteiger partial charge in [0.1, 0.15) is 0 Å². The molecule has 2 amide bonds. The second-order valence-electron chi connectivity index (χ2n) is 10.1. The van der Waals surface area contributed by atoms with Crippen LogP contribution in [0.4, 0.5) is 10.8 Å². The van der Waals surface area contributed by atoms with E-state index in [-0.39, 0.29) is 29.4 Å². The van der Waals surface area contributed by atoms with Crippen molar-refractivity contribution in [2.75, 3.05) is 45.6 Å². The van der Waals surface area contributed by atoms with E-state index in [1.165, 1.54) is 32.5 Å². The number of carbonyl (C=O) groups is 3. The van der Waals surface area contributed by atoms with Crippen LogP contribution in [0, 0.1) is 6.92 Å². The first kappa shape index (κ1) is 32.3. The average Bonchev–Trinajstić information content (AvgIpc) is 3.20. The third-order valence-corrected chi connectivity index (χ3v) is 8.12. The van der Waals surface area contributed by atoms with Gasteiger partial charge in [-0.05, 0) is 61.1 Å². The van der Waals surface area contributed by atoms with E-state index in [0.29, 0.717) is 64.3 Å². The van der Waals surface area contributed by atoms with E-state index < -0.39 is 12.0 Å². The number of methoxy groups -OCH3 is 4. The van der Waals surface area contributed by atoms with Crippen LogP contribution in [-0.2, 0) is 20.7 Å². The van der Waals surface area contributed by atoms with E-state index in [2.05, 4.69) is 20.9 Å². The Kier molecular flexibility index (Phi) is 10.4. The smallest absolute Gasteiger partial charge is 0.357 e. The van der Waals surface area contributed by atoms with Gasteiger partial charge in [-0.3, -0.25) is 14.4 Å². The number of rotatable bonds is 11. The molecule has 1 aliphatic rings. The molecule has 0 radical (unpaired) electrons. The molecule has 0 aliphatic heterocycles. The number of fused-ring (bicyclic) bond motifs is 3. The van der Waals surface area contributed by atoms with Crippen LogP contribution in [0.3, 0.4) is 0 Å². The molecule has 1 aliphatic carbocycles. The summed E-state index contributed by atoms with van der Waals surface area (Å²) in [5.74, 6) is 0.384. The lowest BCUT2D eigenvalue weighted by Crippen LogP contribution is -2.26. The van der Waals surface area contributed by atoms with Crippen LogP contribution < -0.4 is 35.6 Å². The lowest BCUT2D eigenvalue weighted by molar-refractivity contribution is -0.119. The Labute approximate surface area is 259 Å². The lowest BCUT2D eigenvalue weighted by atomic mass is 9.95. The number of thiazole rings is 1. The van der Waals surface area contributed by atoms with E-state index in [1.54, 1.807) is 33.3 Å². The first-order chi connectivity index (χ1) is 21.1. The van der Waals surface area contributed by atoms with E-state index in [0.717, 1.165) is 16.7 Å². The van der Waals surface area contributed by atoms with Gasteiger partial charge in [-0.1, -0.05) is 6.07 Å². The number of anilines is 2. The van der Waals surface area contributed by atoms with Crippen LogP contribution >= 0.6 is 11.3 Å². The number of carbonyl (C=O) groups excluding carboxylic acids is 3. The van der Waals surface area contributed by atoms with Crippen LogP contribution in [0.5, 0.6) is 17.2 Å². The van der Waals surface area contributed by atoms with Gasteiger partial charge in [-0.15, -0.1) is 11.3 Å². The van der Waals surface area contributed by atoms with Crippen LogP contribution in [-0.4, -0.2) is 57.8 Å². The summed E-state index contributed by atoms with van der Waals surface area (Å²) in [7, 11) is 5.91. The molecular weight excluding hydrogens is 588 g/mol. The van der Waals surface area contributed by atoms with E-state index in [9.17, 15) is 19.2 Å². The molecule has 1 atom stereocenters. The molecular formula is C31H36N4O8S. The summed E-state index contributed by atoms with van der Waals surface area (Å²) in [6, 6.07) is 6.56. The van der Waals surface area contributed by atoms with Gasteiger partial charge in [0, 0.05) is 30.3 Å². The molecule has 2 aromatic carbocycles. The maximum Gasteiger partial charge on any atom is 0.357 e. The molecule has 13 heteroatoms. The van der Waals surface area contributed by atoms with E-state index in [4.69, 9.17) is 18.9 Å². The summed E-state index contributed by atoms with van der Waals surface area (Å²) in [4.78, 5) is 54.6. The molecule has 4 rings (SSSR count). The number of hydrogen-bond acceptors (Lipinski definition) is 11. The van der Waals surface area contributed by atoms with Crippen molar-refractivity contribution in [2.45, 2.75) is 45.6 Å². The standard InChI is InChI=1S/C31H36N4O8S/c1-16-27(30(39)43-6)35-31(44-16)34-25(38)8-7-13-32-22-12-10-19-20(15-23(22)37)21(33-17(2)36)11-9-18-14-24(40-3)28(41-4)29(42-5)26(18)19/h10,12,14-15,21H,7-9,11,13H2,1-6H3,(H,32,37)(H,33,36)(H,34,35,38)/t21-/m1/s1. The lowest BCUT2D eigenvalue weighted by Gasteiger charge is -2.19. The Hall–Kier alpha value is -4.65. The topological polar surface area (TPSA) is 154 Å². The molecule has 0 saturated carbocycles. The average molecular weight is 625 g/mol. The number of nitrogens with zero attached hydrogens (tertiary/aromatic N) is 1. The second kappa shape index (κ2) is 14.2. The highest BCUT2D eigenvalue weighted by molar-refractivity contribution is 7.16. The highest BCUT2D eigenvalue weighted by atomic mass is 32.1. The molecule has 1 heterocycles. The number of nitrogens with one attached hydrogen (secondary N) is 3. The number of ether oxygens (including phenoxy) is 4. The molecule has 44 heavy (non-hydrogen) atoms. The fourth-order valence-electron chi connectivity index (χ4n) is 5.24. The first-order valence-corrected chi connectivity index (χ1v) is 14.8. The SMILES string of the molecule is COC(=O)c1nc(NC(=O)CCCNc2ccc3c(cc2=O)[C@H](NC(C)=O)CCc2cc(OC)c(OC)c(OC)c2-3)sc1C. The number of esters is 1. The number of benzene rings is 1. The molecule has 12 nitrogen and oxygen atoms in total. The number of aromatic nitrogens is 1. The largest absolute Gasteiger partial charge is 0.493 e. The van der Waals surface area contributed by atoms with Crippen LogP contribution in [0.15, 0.2) is 29.1 Å². The minimum absolute atomic E-state index is 0.166. The third kappa shape index (κ3) is 6.94. The van der Waals surface area contributed by atoms with Gasteiger partial charge in [0.25, 0.3) is 0 Å². The van der Waals surface area contributed by atoms with Crippen molar-refractivity contribution in [1.29, 1.82) is 0 Å². The normalized spacial score (nSPS) is 13.5. The van der Waals surface area contributed by atoms with Crippen molar-refractivity contribution >= 4 is 39.9 Å².